The number of terminal acetylenes is 1. The van der Waals surface area contributed by atoms with E-state index in [0.717, 1.165) is 6.92 Å². The second-order valence-corrected chi connectivity index (χ2v) is 6.27. The molecular formula is C16H15F7O2. The van der Waals surface area contributed by atoms with Gasteiger partial charge in [-0.2, -0.15) is 30.7 Å². The molecule has 0 aliphatic heterocycles. The summed E-state index contributed by atoms with van der Waals surface area (Å²) in [5, 5.41) is 0. The number of hydrogen-bond acceptors (Lipinski definition) is 2. The van der Waals surface area contributed by atoms with E-state index in [0.29, 0.717) is 6.08 Å². The third-order valence-corrected chi connectivity index (χ3v) is 4.06. The molecule has 0 saturated heterocycles. The fourth-order valence-corrected chi connectivity index (χ4v) is 2.47. The van der Waals surface area contributed by atoms with Crippen molar-refractivity contribution in [2.45, 2.75) is 39.0 Å². The van der Waals surface area contributed by atoms with Crippen molar-refractivity contribution in [3.05, 3.63) is 23.8 Å². The zero-order valence-electron chi connectivity index (χ0n) is 13.4. The highest BCUT2D eigenvalue weighted by molar-refractivity contribution is 5.79. The molecule has 1 rings (SSSR count). The van der Waals surface area contributed by atoms with Gasteiger partial charge in [-0.3, -0.25) is 4.79 Å². The van der Waals surface area contributed by atoms with Crippen LogP contribution in [-0.2, 0) is 9.53 Å². The van der Waals surface area contributed by atoms with Crippen LogP contribution in [0, 0.1) is 29.6 Å². The molecule has 1 saturated carbocycles. The molecule has 0 N–H and O–H groups in total. The van der Waals surface area contributed by atoms with Gasteiger partial charge >= 0.3 is 18.1 Å². The molecule has 9 heteroatoms. The van der Waals surface area contributed by atoms with Crippen LogP contribution in [0.3, 0.4) is 0 Å². The molecule has 1 fully saturated rings. The number of rotatable bonds is 5. The van der Waals surface area contributed by atoms with Crippen molar-refractivity contribution in [2.24, 2.45) is 17.3 Å². The summed E-state index contributed by atoms with van der Waals surface area (Å²) < 4.78 is 92.1. The number of halogens is 7. The van der Waals surface area contributed by atoms with Gasteiger partial charge in [0.2, 0.25) is 0 Å². The number of alkyl halides is 5. The molecule has 0 amide bonds. The Labute approximate surface area is 139 Å². The predicted molar refractivity (Wildman–Crippen MR) is 74.5 cm³/mol. The summed E-state index contributed by atoms with van der Waals surface area (Å²) >= 11 is 0. The number of hydrogen-bond donors (Lipinski definition) is 0. The summed E-state index contributed by atoms with van der Waals surface area (Å²) in [5.74, 6) is -6.24. The summed E-state index contributed by atoms with van der Waals surface area (Å²) in [6, 6.07) is 0. The van der Waals surface area contributed by atoms with Gasteiger partial charge < -0.3 is 4.74 Å². The summed E-state index contributed by atoms with van der Waals surface area (Å²) in [6.45, 7) is 3.87. The van der Waals surface area contributed by atoms with Gasteiger partial charge in [0, 0.05) is 5.92 Å². The summed E-state index contributed by atoms with van der Waals surface area (Å²) in [4.78, 5) is 12.0. The normalized spacial score (nSPS) is 24.1. The van der Waals surface area contributed by atoms with Crippen molar-refractivity contribution < 1.29 is 40.3 Å². The zero-order valence-corrected chi connectivity index (χ0v) is 13.4. The van der Waals surface area contributed by atoms with E-state index in [4.69, 9.17) is 11.2 Å². The van der Waals surface area contributed by atoms with E-state index in [1.54, 1.807) is 5.92 Å². The monoisotopic (exact) mass is 372 g/mol. The van der Waals surface area contributed by atoms with Crippen LogP contribution in [0.4, 0.5) is 30.7 Å². The molecule has 0 spiro atoms. The maximum absolute atomic E-state index is 13.0. The predicted octanol–water partition coefficient (Wildman–Crippen LogP) is 4.73. The second-order valence-electron chi connectivity index (χ2n) is 6.27. The molecule has 3 unspecified atom stereocenters. The lowest BCUT2D eigenvalue weighted by atomic mass is 10.1. The van der Waals surface area contributed by atoms with Crippen LogP contribution in [0.15, 0.2) is 23.8 Å². The average Bonchev–Trinajstić information content (AvgIpc) is 2.94. The Hall–Kier alpha value is -1.98. The molecule has 0 radical (unpaired) electrons. The molecule has 0 heterocycles. The topological polar surface area (TPSA) is 26.3 Å². The highest BCUT2D eigenvalue weighted by atomic mass is 19.4. The van der Waals surface area contributed by atoms with Crippen LogP contribution in [0.25, 0.3) is 0 Å². The van der Waals surface area contributed by atoms with Gasteiger partial charge in [0.15, 0.2) is 6.10 Å². The van der Waals surface area contributed by atoms with Crippen molar-refractivity contribution in [3.63, 3.8) is 0 Å². The Morgan fingerprint density at radius 2 is 1.76 bits per heavy atom. The first kappa shape index (κ1) is 21.1. The molecule has 0 bridgehead atoms. The SMILES string of the molecule is C#CC(OC(=O)C1C(C=C(F)F)C1(C)C)C(C)=CC(F)(F)C(F)(F)F. The van der Waals surface area contributed by atoms with Crippen molar-refractivity contribution in [1.82, 2.24) is 0 Å². The number of allylic oxidation sites excluding steroid dienone is 2. The van der Waals surface area contributed by atoms with Gasteiger partial charge in [-0.25, -0.2) is 0 Å². The molecule has 25 heavy (non-hydrogen) atoms. The summed E-state index contributed by atoms with van der Waals surface area (Å²) in [7, 11) is 0. The van der Waals surface area contributed by atoms with Gasteiger partial charge in [-0.1, -0.05) is 19.8 Å². The van der Waals surface area contributed by atoms with E-state index in [-0.39, 0.29) is 0 Å². The molecule has 2 nitrogen and oxygen atoms in total. The van der Waals surface area contributed by atoms with Crippen LogP contribution < -0.4 is 0 Å². The lowest BCUT2D eigenvalue weighted by Crippen LogP contribution is -2.35. The fourth-order valence-electron chi connectivity index (χ4n) is 2.47. The van der Waals surface area contributed by atoms with Crippen molar-refractivity contribution >= 4 is 5.97 Å². The average molecular weight is 372 g/mol. The van der Waals surface area contributed by atoms with E-state index < -0.39 is 59.2 Å². The Morgan fingerprint density at radius 1 is 1.24 bits per heavy atom. The summed E-state index contributed by atoms with van der Waals surface area (Å²) in [6.07, 6.45) is -4.43. The third kappa shape index (κ3) is 4.55. The first-order chi connectivity index (χ1) is 11.1. The van der Waals surface area contributed by atoms with Gasteiger partial charge in [-0.15, -0.1) is 6.42 Å². The molecule has 3 atom stereocenters. The lowest BCUT2D eigenvalue weighted by molar-refractivity contribution is -0.259. The zero-order chi connectivity index (χ0) is 19.8. The van der Waals surface area contributed by atoms with E-state index in [1.807, 2.05) is 0 Å². The van der Waals surface area contributed by atoms with Crippen LogP contribution in [0.2, 0.25) is 0 Å². The smallest absolute Gasteiger partial charge is 0.444 e. The minimum atomic E-state index is -5.83. The van der Waals surface area contributed by atoms with E-state index in [1.165, 1.54) is 13.8 Å². The third-order valence-electron chi connectivity index (χ3n) is 4.06. The lowest BCUT2D eigenvalue weighted by Gasteiger charge is -2.19. The molecule has 140 valence electrons. The van der Waals surface area contributed by atoms with Crippen LogP contribution in [0.5, 0.6) is 0 Å². The van der Waals surface area contributed by atoms with Crippen molar-refractivity contribution in [1.29, 1.82) is 0 Å². The van der Waals surface area contributed by atoms with Gasteiger partial charge in [0.05, 0.1) is 5.92 Å². The quantitative estimate of drug-likeness (QED) is 0.302. The van der Waals surface area contributed by atoms with E-state index >= 15 is 0 Å². The Kier molecular flexibility index (Phi) is 5.67. The van der Waals surface area contributed by atoms with Gasteiger partial charge in [0.1, 0.15) is 0 Å². The standard InChI is InChI=1S/C16H15F7O2/c1-5-10(8(2)7-15(19,20)16(21,22)23)25-13(24)12-9(6-11(17)18)14(12,3)4/h1,6-7,9-10,12H,2-4H3. The Bertz CT molecular complexity index is 634. The van der Waals surface area contributed by atoms with Crippen molar-refractivity contribution in [2.75, 3.05) is 0 Å². The highest BCUT2D eigenvalue weighted by Crippen LogP contribution is 2.60. The maximum Gasteiger partial charge on any atom is 0.457 e. The first-order valence-corrected chi connectivity index (χ1v) is 6.98. The molecule has 1 aliphatic rings. The van der Waals surface area contributed by atoms with Crippen molar-refractivity contribution in [3.8, 4) is 12.3 Å². The molecule has 1 aliphatic carbocycles. The Morgan fingerprint density at radius 3 is 2.16 bits per heavy atom. The van der Waals surface area contributed by atoms with Crippen LogP contribution in [0.1, 0.15) is 20.8 Å². The van der Waals surface area contributed by atoms with Gasteiger partial charge in [-0.05, 0) is 30.1 Å². The largest absolute Gasteiger partial charge is 0.457 e. The molecule has 0 aromatic heterocycles. The summed E-state index contributed by atoms with van der Waals surface area (Å²) in [5.41, 5.74) is -1.56. The van der Waals surface area contributed by atoms with Gasteiger partial charge in [0.25, 0.3) is 6.08 Å². The van der Waals surface area contributed by atoms with E-state index in [9.17, 15) is 35.5 Å². The number of esters is 1. The van der Waals surface area contributed by atoms with E-state index in [2.05, 4.69) is 0 Å². The Balaban J connectivity index is 2.92. The molecule has 0 aromatic rings. The molecular weight excluding hydrogens is 357 g/mol. The highest BCUT2D eigenvalue weighted by Gasteiger charge is 2.62. The first-order valence-electron chi connectivity index (χ1n) is 6.98. The fraction of sp³-hybridized carbons (Fsp3) is 0.562. The van der Waals surface area contributed by atoms with Crippen LogP contribution >= 0.6 is 0 Å². The number of ether oxygens (including phenoxy) is 1. The number of carbonyl (C=O) groups excluding carboxylic acids is 1. The second kappa shape index (κ2) is 6.73. The minimum Gasteiger partial charge on any atom is -0.444 e. The number of carbonyl (C=O) groups is 1. The van der Waals surface area contributed by atoms with Crippen LogP contribution in [-0.4, -0.2) is 24.2 Å². The molecule has 0 aromatic carbocycles. The maximum atomic E-state index is 13.0. The minimum absolute atomic E-state index is 0.429.